The molecule has 0 aliphatic carbocycles. The van der Waals surface area contributed by atoms with Gasteiger partial charge in [-0.1, -0.05) is 36.4 Å². The molecule has 124 valence electrons. The van der Waals surface area contributed by atoms with E-state index in [4.69, 9.17) is 21.7 Å². The number of thiazole rings is 1. The Bertz CT molecular complexity index is 871. The highest BCUT2D eigenvalue weighted by molar-refractivity contribution is 7.73. The monoisotopic (exact) mass is 359 g/mol. The van der Waals surface area contributed by atoms with Crippen LogP contribution in [-0.4, -0.2) is 17.2 Å². The van der Waals surface area contributed by atoms with Gasteiger partial charge in [0.25, 0.3) is 0 Å². The molecule has 3 aromatic rings. The fourth-order valence-corrected chi connectivity index (χ4v) is 3.49. The Hall–Kier alpha value is -2.31. The maximum atomic E-state index is 9.85. The lowest BCUT2D eigenvalue weighted by Gasteiger charge is -2.12. The predicted molar refractivity (Wildman–Crippen MR) is 97.7 cm³/mol. The highest BCUT2D eigenvalue weighted by atomic mass is 32.1. The van der Waals surface area contributed by atoms with Crippen LogP contribution < -0.4 is 9.47 Å². The summed E-state index contributed by atoms with van der Waals surface area (Å²) in [6.45, 7) is 0.467. The predicted octanol–water partition coefficient (Wildman–Crippen LogP) is 4.69. The van der Waals surface area contributed by atoms with Crippen molar-refractivity contribution in [2.75, 3.05) is 7.11 Å². The van der Waals surface area contributed by atoms with E-state index in [1.165, 1.54) is 11.3 Å². The van der Waals surface area contributed by atoms with Crippen LogP contribution in [0.2, 0.25) is 0 Å². The lowest BCUT2D eigenvalue weighted by molar-refractivity contribution is 0.284. The molecule has 0 radical (unpaired) electrons. The van der Waals surface area contributed by atoms with Crippen molar-refractivity contribution in [2.45, 2.75) is 13.0 Å². The van der Waals surface area contributed by atoms with Gasteiger partial charge in [-0.05, 0) is 35.5 Å². The van der Waals surface area contributed by atoms with Gasteiger partial charge in [0.15, 0.2) is 15.5 Å². The number of benzene rings is 2. The number of nitrogens with one attached hydrogen (secondary N) is 1. The van der Waals surface area contributed by atoms with E-state index < -0.39 is 0 Å². The molecule has 0 unspecified atom stereocenters. The summed E-state index contributed by atoms with van der Waals surface area (Å²) < 4.78 is 11.9. The van der Waals surface area contributed by atoms with E-state index in [9.17, 15) is 5.11 Å². The second-order valence-corrected chi connectivity index (χ2v) is 6.99. The fourth-order valence-electron chi connectivity index (χ4n) is 2.34. The molecule has 0 saturated carbocycles. The van der Waals surface area contributed by atoms with Gasteiger partial charge >= 0.3 is 0 Å². The van der Waals surface area contributed by atoms with Gasteiger partial charge < -0.3 is 19.6 Å². The van der Waals surface area contributed by atoms with Crippen molar-refractivity contribution in [2.24, 2.45) is 0 Å². The van der Waals surface area contributed by atoms with Gasteiger partial charge in [-0.15, -0.1) is 11.3 Å². The maximum absolute atomic E-state index is 9.85. The van der Waals surface area contributed by atoms with Crippen molar-refractivity contribution in [3.8, 4) is 17.4 Å². The summed E-state index contributed by atoms with van der Waals surface area (Å²) >= 11 is 6.43. The van der Waals surface area contributed by atoms with Crippen LogP contribution in [0.3, 0.4) is 0 Å². The van der Waals surface area contributed by atoms with Gasteiger partial charge in [-0.3, -0.25) is 0 Å². The standard InChI is InChI=1S/C18H17NO3S2/c1-21-14-8-7-13(10-16-17(20)19-18(23)24-16)9-15(14)22-11-12-5-3-2-4-6-12/h2-9,20H,10-11H2,1H3,(H,19,23). The molecule has 0 atom stereocenters. The summed E-state index contributed by atoms with van der Waals surface area (Å²) in [5, 5.41) is 9.85. The van der Waals surface area contributed by atoms with Gasteiger partial charge in [0.2, 0.25) is 5.88 Å². The molecule has 0 bridgehead atoms. The number of aromatic nitrogens is 1. The minimum atomic E-state index is 0.132. The highest BCUT2D eigenvalue weighted by Gasteiger charge is 2.10. The van der Waals surface area contributed by atoms with Crippen molar-refractivity contribution in [1.29, 1.82) is 0 Å². The lowest BCUT2D eigenvalue weighted by Crippen LogP contribution is -1.98. The molecular formula is C18H17NO3S2. The van der Waals surface area contributed by atoms with E-state index in [-0.39, 0.29) is 5.88 Å². The minimum absolute atomic E-state index is 0.132. The molecule has 3 rings (SSSR count). The Kier molecular flexibility index (Phi) is 5.17. The summed E-state index contributed by atoms with van der Waals surface area (Å²) in [5.41, 5.74) is 2.10. The third-order valence-corrected chi connectivity index (χ3v) is 4.75. The first-order valence-electron chi connectivity index (χ1n) is 7.40. The molecule has 2 N–H and O–H groups in total. The molecule has 2 aromatic carbocycles. The van der Waals surface area contributed by atoms with Crippen LogP contribution in [0.25, 0.3) is 0 Å². The van der Waals surface area contributed by atoms with Gasteiger partial charge in [-0.2, -0.15) is 0 Å². The van der Waals surface area contributed by atoms with Crippen LogP contribution in [0.4, 0.5) is 0 Å². The quantitative estimate of drug-likeness (QED) is 0.627. The van der Waals surface area contributed by atoms with E-state index >= 15 is 0 Å². The molecule has 0 aliphatic heterocycles. The molecular weight excluding hydrogens is 342 g/mol. The van der Waals surface area contributed by atoms with Crippen molar-refractivity contribution in [1.82, 2.24) is 4.98 Å². The molecule has 0 spiro atoms. The zero-order valence-corrected chi connectivity index (χ0v) is 14.7. The Balaban J connectivity index is 1.80. The van der Waals surface area contributed by atoms with Crippen molar-refractivity contribution < 1.29 is 14.6 Å². The van der Waals surface area contributed by atoms with Gasteiger partial charge in [0.1, 0.15) is 6.61 Å². The van der Waals surface area contributed by atoms with Gasteiger partial charge in [0.05, 0.1) is 12.0 Å². The molecule has 0 amide bonds. The fraction of sp³-hybridized carbons (Fsp3) is 0.167. The second-order valence-electron chi connectivity index (χ2n) is 5.22. The number of aromatic amines is 1. The average molecular weight is 359 g/mol. The van der Waals surface area contributed by atoms with E-state index in [0.717, 1.165) is 16.0 Å². The van der Waals surface area contributed by atoms with Crippen LogP contribution in [0, 0.1) is 3.95 Å². The van der Waals surface area contributed by atoms with Crippen molar-refractivity contribution in [3.63, 3.8) is 0 Å². The van der Waals surface area contributed by atoms with Gasteiger partial charge in [-0.25, -0.2) is 0 Å². The number of ether oxygens (including phenoxy) is 2. The number of rotatable bonds is 6. The minimum Gasteiger partial charge on any atom is -0.494 e. The normalized spacial score (nSPS) is 10.5. The van der Waals surface area contributed by atoms with Crippen molar-refractivity contribution >= 4 is 23.6 Å². The number of methoxy groups -OCH3 is 1. The Labute approximate surface area is 149 Å². The van der Waals surface area contributed by atoms with Crippen LogP contribution in [0.1, 0.15) is 16.0 Å². The van der Waals surface area contributed by atoms with Crippen molar-refractivity contribution in [3.05, 3.63) is 68.5 Å². The zero-order chi connectivity index (χ0) is 16.9. The zero-order valence-electron chi connectivity index (χ0n) is 13.1. The first-order valence-corrected chi connectivity index (χ1v) is 8.63. The third kappa shape index (κ3) is 3.96. The molecule has 1 aromatic heterocycles. The Morgan fingerprint density at radius 3 is 2.54 bits per heavy atom. The first-order chi connectivity index (χ1) is 11.7. The smallest absolute Gasteiger partial charge is 0.203 e. The van der Waals surface area contributed by atoms with Gasteiger partial charge in [0, 0.05) is 6.42 Å². The van der Waals surface area contributed by atoms with E-state index in [0.29, 0.717) is 28.5 Å². The van der Waals surface area contributed by atoms with Crippen LogP contribution >= 0.6 is 23.6 Å². The number of H-pyrrole nitrogens is 1. The van der Waals surface area contributed by atoms with Crippen LogP contribution in [0.15, 0.2) is 48.5 Å². The molecule has 0 aliphatic rings. The summed E-state index contributed by atoms with van der Waals surface area (Å²) in [5.74, 6) is 1.49. The van der Waals surface area contributed by atoms with Crippen LogP contribution in [-0.2, 0) is 13.0 Å². The Morgan fingerprint density at radius 2 is 1.88 bits per heavy atom. The van der Waals surface area contributed by atoms with E-state index in [2.05, 4.69) is 4.98 Å². The SMILES string of the molecule is COc1ccc(Cc2sc(=S)[nH]c2O)cc1OCc1ccccc1. The van der Waals surface area contributed by atoms with Crippen LogP contribution in [0.5, 0.6) is 17.4 Å². The van der Waals surface area contributed by atoms with E-state index in [1.54, 1.807) is 7.11 Å². The number of aromatic hydroxyl groups is 1. The molecule has 1 heterocycles. The topological polar surface area (TPSA) is 54.5 Å². The highest BCUT2D eigenvalue weighted by Crippen LogP contribution is 2.31. The molecule has 4 nitrogen and oxygen atoms in total. The summed E-state index contributed by atoms with van der Waals surface area (Å²) in [6.07, 6.45) is 0.579. The number of hydrogen-bond acceptors (Lipinski definition) is 5. The summed E-state index contributed by atoms with van der Waals surface area (Å²) in [7, 11) is 1.62. The summed E-state index contributed by atoms with van der Waals surface area (Å²) in [6, 6.07) is 15.7. The molecule has 24 heavy (non-hydrogen) atoms. The largest absolute Gasteiger partial charge is 0.494 e. The maximum Gasteiger partial charge on any atom is 0.203 e. The third-order valence-electron chi connectivity index (χ3n) is 3.53. The molecule has 0 fully saturated rings. The number of hydrogen-bond donors (Lipinski definition) is 2. The Morgan fingerprint density at radius 1 is 1.08 bits per heavy atom. The summed E-state index contributed by atoms with van der Waals surface area (Å²) in [4.78, 5) is 3.55. The lowest BCUT2D eigenvalue weighted by atomic mass is 10.1. The van der Waals surface area contributed by atoms with E-state index in [1.807, 2.05) is 48.5 Å². The second kappa shape index (κ2) is 7.51. The molecule has 0 saturated heterocycles. The first kappa shape index (κ1) is 16.5. The average Bonchev–Trinajstić information content (AvgIpc) is 2.91. The molecule has 6 heteroatoms.